The number of nitrogen functional groups attached to an aromatic ring is 1. The van der Waals surface area contributed by atoms with Crippen LogP contribution in [0.2, 0.25) is 5.02 Å². The van der Waals surface area contributed by atoms with Crippen LogP contribution in [-0.4, -0.2) is 5.78 Å². The van der Waals surface area contributed by atoms with Gasteiger partial charge in [0.25, 0.3) is 0 Å². The Balaban J connectivity index is 2.44. The zero-order chi connectivity index (χ0) is 12.4. The van der Waals surface area contributed by atoms with Gasteiger partial charge in [0.2, 0.25) is 0 Å². The van der Waals surface area contributed by atoms with Gasteiger partial charge in [0, 0.05) is 21.8 Å². The molecule has 3 heteroatoms. The average molecular weight is 246 g/mol. The molecule has 0 bridgehead atoms. The van der Waals surface area contributed by atoms with Crippen LogP contribution in [0.1, 0.15) is 21.5 Å². The van der Waals surface area contributed by atoms with Crippen molar-refractivity contribution in [3.8, 4) is 0 Å². The highest BCUT2D eigenvalue weighted by atomic mass is 35.5. The molecule has 0 aliphatic heterocycles. The Labute approximate surface area is 105 Å². The van der Waals surface area contributed by atoms with Crippen LogP contribution in [-0.2, 0) is 0 Å². The van der Waals surface area contributed by atoms with Gasteiger partial charge in [-0.2, -0.15) is 0 Å². The maximum Gasteiger partial charge on any atom is 0.195 e. The predicted molar refractivity (Wildman–Crippen MR) is 70.5 cm³/mol. The molecule has 0 aliphatic carbocycles. The Morgan fingerprint density at radius 3 is 2.53 bits per heavy atom. The summed E-state index contributed by atoms with van der Waals surface area (Å²) in [4.78, 5) is 12.2. The van der Waals surface area contributed by atoms with Gasteiger partial charge in [0.15, 0.2) is 5.78 Å². The average Bonchev–Trinajstić information content (AvgIpc) is 2.32. The molecule has 0 spiro atoms. The topological polar surface area (TPSA) is 43.1 Å². The van der Waals surface area contributed by atoms with Crippen molar-refractivity contribution in [3.63, 3.8) is 0 Å². The normalized spacial score (nSPS) is 10.2. The Morgan fingerprint density at radius 1 is 1.18 bits per heavy atom. The van der Waals surface area contributed by atoms with E-state index in [0.717, 1.165) is 5.56 Å². The molecule has 0 amide bonds. The third kappa shape index (κ3) is 2.32. The summed E-state index contributed by atoms with van der Waals surface area (Å²) in [5.41, 5.74) is 8.28. The van der Waals surface area contributed by atoms with Crippen molar-refractivity contribution < 1.29 is 4.79 Å². The Morgan fingerprint density at radius 2 is 1.88 bits per heavy atom. The number of carbonyl (C=O) groups is 1. The van der Waals surface area contributed by atoms with E-state index in [4.69, 9.17) is 17.3 Å². The first-order chi connectivity index (χ1) is 8.09. The van der Waals surface area contributed by atoms with Crippen LogP contribution < -0.4 is 5.73 Å². The van der Waals surface area contributed by atoms with E-state index in [-0.39, 0.29) is 5.78 Å². The molecule has 2 nitrogen and oxygen atoms in total. The second kappa shape index (κ2) is 4.60. The van der Waals surface area contributed by atoms with Gasteiger partial charge in [-0.25, -0.2) is 0 Å². The molecular weight excluding hydrogens is 234 g/mol. The van der Waals surface area contributed by atoms with E-state index in [9.17, 15) is 4.79 Å². The van der Waals surface area contributed by atoms with Gasteiger partial charge >= 0.3 is 0 Å². The SMILES string of the molecule is Cc1cc(C(=O)c2ccccc2N)ccc1Cl. The number of para-hydroxylation sites is 1. The molecular formula is C14H12ClNO. The van der Waals surface area contributed by atoms with Crippen LogP contribution in [0.4, 0.5) is 5.69 Å². The lowest BCUT2D eigenvalue weighted by molar-refractivity contribution is 0.103. The van der Waals surface area contributed by atoms with Crippen LogP contribution in [0.5, 0.6) is 0 Å². The third-order valence-corrected chi connectivity index (χ3v) is 3.05. The Hall–Kier alpha value is -1.80. The lowest BCUT2D eigenvalue weighted by Gasteiger charge is -2.06. The van der Waals surface area contributed by atoms with Crippen LogP contribution in [0.25, 0.3) is 0 Å². The minimum absolute atomic E-state index is 0.0807. The molecule has 2 aromatic rings. The molecule has 0 heterocycles. The molecule has 2 rings (SSSR count). The molecule has 17 heavy (non-hydrogen) atoms. The molecule has 0 unspecified atom stereocenters. The van der Waals surface area contributed by atoms with Gasteiger partial charge in [0.05, 0.1) is 0 Å². The molecule has 2 aromatic carbocycles. The van der Waals surface area contributed by atoms with Crippen LogP contribution in [0, 0.1) is 6.92 Å². The number of hydrogen-bond acceptors (Lipinski definition) is 2. The molecule has 0 atom stereocenters. The number of rotatable bonds is 2. The molecule has 0 saturated carbocycles. The fraction of sp³-hybridized carbons (Fsp3) is 0.0714. The highest BCUT2D eigenvalue weighted by Crippen LogP contribution is 2.20. The summed E-state index contributed by atoms with van der Waals surface area (Å²) < 4.78 is 0. The standard InChI is InChI=1S/C14H12ClNO/c1-9-8-10(6-7-12(9)15)14(17)11-4-2-3-5-13(11)16/h2-8H,16H2,1H3. The van der Waals surface area contributed by atoms with Crippen molar-refractivity contribution in [2.75, 3.05) is 5.73 Å². The molecule has 0 aromatic heterocycles. The van der Waals surface area contributed by atoms with Gasteiger partial charge in [-0.05, 0) is 42.8 Å². The number of benzene rings is 2. The summed E-state index contributed by atoms with van der Waals surface area (Å²) >= 11 is 5.93. The third-order valence-electron chi connectivity index (χ3n) is 2.63. The highest BCUT2D eigenvalue weighted by molar-refractivity contribution is 6.31. The molecule has 86 valence electrons. The monoisotopic (exact) mass is 245 g/mol. The van der Waals surface area contributed by atoms with E-state index in [1.54, 1.807) is 42.5 Å². The van der Waals surface area contributed by atoms with Crippen LogP contribution >= 0.6 is 11.6 Å². The number of halogens is 1. The highest BCUT2D eigenvalue weighted by Gasteiger charge is 2.12. The van der Waals surface area contributed by atoms with Crippen LogP contribution in [0.3, 0.4) is 0 Å². The first-order valence-corrected chi connectivity index (χ1v) is 5.63. The van der Waals surface area contributed by atoms with E-state index in [1.807, 2.05) is 6.92 Å². The second-order valence-corrected chi connectivity index (χ2v) is 4.29. The molecule has 0 aliphatic rings. The zero-order valence-electron chi connectivity index (χ0n) is 9.41. The quantitative estimate of drug-likeness (QED) is 0.650. The smallest absolute Gasteiger partial charge is 0.195 e. The van der Waals surface area contributed by atoms with E-state index in [0.29, 0.717) is 21.8 Å². The van der Waals surface area contributed by atoms with Gasteiger partial charge in [0.1, 0.15) is 0 Å². The summed E-state index contributed by atoms with van der Waals surface area (Å²) in [7, 11) is 0. The van der Waals surface area contributed by atoms with Gasteiger partial charge < -0.3 is 5.73 Å². The molecule has 2 N–H and O–H groups in total. The summed E-state index contributed by atoms with van der Waals surface area (Å²) in [6.45, 7) is 1.87. The molecule has 0 fully saturated rings. The number of nitrogens with two attached hydrogens (primary N) is 1. The van der Waals surface area contributed by atoms with Crippen molar-refractivity contribution in [2.24, 2.45) is 0 Å². The van der Waals surface area contributed by atoms with Crippen molar-refractivity contribution in [3.05, 3.63) is 64.2 Å². The van der Waals surface area contributed by atoms with Crippen molar-refractivity contribution in [2.45, 2.75) is 6.92 Å². The predicted octanol–water partition coefficient (Wildman–Crippen LogP) is 3.46. The lowest BCUT2D eigenvalue weighted by Crippen LogP contribution is -2.05. The number of hydrogen-bond donors (Lipinski definition) is 1. The second-order valence-electron chi connectivity index (χ2n) is 3.88. The van der Waals surface area contributed by atoms with E-state index >= 15 is 0 Å². The summed E-state index contributed by atoms with van der Waals surface area (Å²) in [5, 5.41) is 0.655. The number of anilines is 1. The first kappa shape index (κ1) is 11.7. The summed E-state index contributed by atoms with van der Waals surface area (Å²) in [5.74, 6) is -0.0807. The zero-order valence-corrected chi connectivity index (χ0v) is 10.2. The fourth-order valence-corrected chi connectivity index (χ4v) is 1.76. The first-order valence-electron chi connectivity index (χ1n) is 5.25. The van der Waals surface area contributed by atoms with E-state index in [1.165, 1.54) is 0 Å². The van der Waals surface area contributed by atoms with Gasteiger partial charge in [-0.15, -0.1) is 0 Å². The lowest BCUT2D eigenvalue weighted by atomic mass is 10.0. The Bertz CT molecular complexity index is 578. The fourth-order valence-electron chi connectivity index (χ4n) is 1.65. The van der Waals surface area contributed by atoms with E-state index in [2.05, 4.69) is 0 Å². The van der Waals surface area contributed by atoms with Crippen molar-refractivity contribution in [1.29, 1.82) is 0 Å². The van der Waals surface area contributed by atoms with Crippen molar-refractivity contribution in [1.82, 2.24) is 0 Å². The van der Waals surface area contributed by atoms with Crippen molar-refractivity contribution >= 4 is 23.1 Å². The maximum atomic E-state index is 12.2. The largest absolute Gasteiger partial charge is 0.398 e. The minimum atomic E-state index is -0.0807. The summed E-state index contributed by atoms with van der Waals surface area (Å²) in [6, 6.07) is 12.3. The van der Waals surface area contributed by atoms with E-state index < -0.39 is 0 Å². The van der Waals surface area contributed by atoms with Gasteiger partial charge in [-0.1, -0.05) is 23.7 Å². The maximum absolute atomic E-state index is 12.2. The molecule has 0 saturated heterocycles. The van der Waals surface area contributed by atoms with Gasteiger partial charge in [-0.3, -0.25) is 4.79 Å². The summed E-state index contributed by atoms with van der Waals surface area (Å²) in [6.07, 6.45) is 0. The Kier molecular flexibility index (Phi) is 3.16. The molecule has 0 radical (unpaired) electrons. The number of aryl methyl sites for hydroxylation is 1. The number of carbonyl (C=O) groups excluding carboxylic acids is 1. The minimum Gasteiger partial charge on any atom is -0.398 e. The number of ketones is 1. The van der Waals surface area contributed by atoms with Crippen LogP contribution in [0.15, 0.2) is 42.5 Å².